The summed E-state index contributed by atoms with van der Waals surface area (Å²) < 4.78 is 7.14. The van der Waals surface area contributed by atoms with Gasteiger partial charge in [0.2, 0.25) is 0 Å². The molecule has 6 nitrogen and oxygen atoms in total. The molecule has 108 valence electrons. The van der Waals surface area contributed by atoms with Crippen LogP contribution in [0.1, 0.15) is 23.5 Å². The van der Waals surface area contributed by atoms with Crippen LogP contribution in [0, 0.1) is 0 Å². The topological polar surface area (TPSA) is 77.0 Å². The van der Waals surface area contributed by atoms with Crippen molar-refractivity contribution in [2.75, 3.05) is 0 Å². The number of fused-ring (bicyclic) bond motifs is 1. The first kappa shape index (κ1) is 12.7. The first-order valence-corrected chi connectivity index (χ1v) is 7.75. The van der Waals surface area contributed by atoms with E-state index in [0.717, 1.165) is 23.4 Å². The van der Waals surface area contributed by atoms with Crippen LogP contribution in [-0.2, 0) is 19.4 Å². The number of hydrogen-bond acceptors (Lipinski definition) is 6. The molecule has 0 amide bonds. The number of rotatable bonds is 3. The smallest absolute Gasteiger partial charge is 0.268 e. The van der Waals surface area contributed by atoms with E-state index < -0.39 is 0 Å². The van der Waals surface area contributed by atoms with Crippen molar-refractivity contribution in [1.29, 1.82) is 0 Å². The van der Waals surface area contributed by atoms with Gasteiger partial charge in [0, 0.05) is 12.1 Å². The second-order valence-electron chi connectivity index (χ2n) is 5.16. The lowest BCUT2D eigenvalue weighted by atomic mass is 9.96. The highest BCUT2D eigenvalue weighted by Crippen LogP contribution is 2.24. The van der Waals surface area contributed by atoms with Gasteiger partial charge in [-0.05, 0) is 29.9 Å². The van der Waals surface area contributed by atoms with E-state index in [1.54, 1.807) is 11.3 Å². The van der Waals surface area contributed by atoms with Crippen LogP contribution in [0.5, 0.6) is 0 Å². The summed E-state index contributed by atoms with van der Waals surface area (Å²) in [6, 6.07) is 3.91. The van der Waals surface area contributed by atoms with E-state index in [-0.39, 0.29) is 6.10 Å². The van der Waals surface area contributed by atoms with Crippen molar-refractivity contribution < 1.29 is 9.63 Å². The molecule has 1 N–H and O–H groups in total. The van der Waals surface area contributed by atoms with Gasteiger partial charge < -0.3 is 9.63 Å². The molecule has 0 radical (unpaired) electrons. The molecule has 0 spiro atoms. The van der Waals surface area contributed by atoms with E-state index in [9.17, 15) is 5.11 Å². The fraction of sp³-hybridized carbons (Fsp3) is 0.357. The minimum Gasteiger partial charge on any atom is -0.393 e. The van der Waals surface area contributed by atoms with Crippen LogP contribution in [-0.4, -0.2) is 31.1 Å². The van der Waals surface area contributed by atoms with Crippen molar-refractivity contribution in [3.63, 3.8) is 0 Å². The van der Waals surface area contributed by atoms with Crippen molar-refractivity contribution in [3.8, 4) is 10.8 Å². The average Bonchev–Trinajstić information content (AvgIpc) is 3.20. The molecule has 7 heteroatoms. The Balaban J connectivity index is 1.58. The number of aryl methyl sites for hydroxylation is 1. The van der Waals surface area contributed by atoms with E-state index in [0.29, 0.717) is 24.7 Å². The Hall–Kier alpha value is -1.99. The molecule has 0 saturated carbocycles. The first-order valence-electron chi connectivity index (χ1n) is 6.87. The molecular weight excluding hydrogens is 288 g/mol. The predicted octanol–water partition coefficient (Wildman–Crippen LogP) is 1.89. The van der Waals surface area contributed by atoms with Gasteiger partial charge in [0.1, 0.15) is 6.54 Å². The second kappa shape index (κ2) is 5.09. The summed E-state index contributed by atoms with van der Waals surface area (Å²) in [5.74, 6) is 1.14. The lowest BCUT2D eigenvalue weighted by molar-refractivity contribution is 0.155. The van der Waals surface area contributed by atoms with Crippen LogP contribution in [0.4, 0.5) is 0 Å². The molecular formula is C14H14N4O2S. The van der Waals surface area contributed by atoms with Crippen molar-refractivity contribution in [2.45, 2.75) is 31.9 Å². The molecule has 0 aliphatic heterocycles. The van der Waals surface area contributed by atoms with Crippen molar-refractivity contribution in [3.05, 3.63) is 40.8 Å². The van der Waals surface area contributed by atoms with Crippen LogP contribution in [0.3, 0.4) is 0 Å². The third-order valence-corrected chi connectivity index (χ3v) is 4.56. The largest absolute Gasteiger partial charge is 0.393 e. The molecule has 3 aromatic heterocycles. The summed E-state index contributed by atoms with van der Waals surface area (Å²) in [5, 5.41) is 20.2. The maximum absolute atomic E-state index is 9.80. The fourth-order valence-electron chi connectivity index (χ4n) is 2.63. The van der Waals surface area contributed by atoms with Crippen molar-refractivity contribution in [1.82, 2.24) is 19.9 Å². The number of thiophene rings is 1. The van der Waals surface area contributed by atoms with Gasteiger partial charge in [0.15, 0.2) is 5.82 Å². The molecule has 4 rings (SSSR count). The minimum absolute atomic E-state index is 0.278. The zero-order chi connectivity index (χ0) is 14.2. The van der Waals surface area contributed by atoms with Crippen LogP contribution < -0.4 is 0 Å². The van der Waals surface area contributed by atoms with Gasteiger partial charge in [-0.25, -0.2) is 0 Å². The van der Waals surface area contributed by atoms with E-state index in [1.165, 1.54) is 5.56 Å². The standard InChI is InChI=1S/C14H14N4O2S/c19-10-4-3-9-7-15-18(11(9)6-10)8-13-16-14(20-17-13)12-2-1-5-21-12/h1-2,5,7,10,19H,3-4,6,8H2. The Morgan fingerprint density at radius 2 is 2.43 bits per heavy atom. The summed E-state index contributed by atoms with van der Waals surface area (Å²) in [5.41, 5.74) is 2.29. The van der Waals surface area contributed by atoms with E-state index in [1.807, 2.05) is 28.4 Å². The van der Waals surface area contributed by atoms with Gasteiger partial charge in [0.25, 0.3) is 5.89 Å². The molecule has 1 unspecified atom stereocenters. The molecule has 0 saturated heterocycles. The molecule has 1 aliphatic rings. The van der Waals surface area contributed by atoms with E-state index >= 15 is 0 Å². The molecule has 3 heterocycles. The molecule has 0 aromatic carbocycles. The van der Waals surface area contributed by atoms with Gasteiger partial charge in [-0.15, -0.1) is 11.3 Å². The predicted molar refractivity (Wildman–Crippen MR) is 77.0 cm³/mol. The van der Waals surface area contributed by atoms with Gasteiger partial charge >= 0.3 is 0 Å². The van der Waals surface area contributed by atoms with Crippen LogP contribution in [0.25, 0.3) is 10.8 Å². The van der Waals surface area contributed by atoms with Gasteiger partial charge in [0.05, 0.1) is 17.2 Å². The maximum atomic E-state index is 9.80. The summed E-state index contributed by atoms with van der Waals surface area (Å²) in [6.45, 7) is 0.469. The van der Waals surface area contributed by atoms with Gasteiger partial charge in [-0.1, -0.05) is 11.2 Å². The summed E-state index contributed by atoms with van der Waals surface area (Å²) >= 11 is 1.57. The molecule has 0 bridgehead atoms. The van der Waals surface area contributed by atoms with Crippen molar-refractivity contribution >= 4 is 11.3 Å². The summed E-state index contributed by atoms with van der Waals surface area (Å²) in [4.78, 5) is 5.37. The quantitative estimate of drug-likeness (QED) is 0.799. The normalized spacial score (nSPS) is 17.9. The zero-order valence-electron chi connectivity index (χ0n) is 11.3. The lowest BCUT2D eigenvalue weighted by Gasteiger charge is -2.18. The Bertz CT molecular complexity index is 747. The van der Waals surface area contributed by atoms with E-state index in [4.69, 9.17) is 4.52 Å². The average molecular weight is 302 g/mol. The molecule has 0 fully saturated rings. The SMILES string of the molecule is OC1CCc2cnn(Cc3noc(-c4cccs4)n3)c2C1. The Labute approximate surface area is 125 Å². The lowest BCUT2D eigenvalue weighted by Crippen LogP contribution is -2.21. The Kier molecular flexibility index (Phi) is 3.08. The number of hydrogen-bond donors (Lipinski definition) is 1. The summed E-state index contributed by atoms with van der Waals surface area (Å²) in [6.07, 6.45) is 3.93. The third kappa shape index (κ3) is 2.38. The highest BCUT2D eigenvalue weighted by molar-refractivity contribution is 7.13. The summed E-state index contributed by atoms with van der Waals surface area (Å²) in [7, 11) is 0. The maximum Gasteiger partial charge on any atom is 0.268 e. The van der Waals surface area contributed by atoms with Gasteiger partial charge in [-0.3, -0.25) is 4.68 Å². The second-order valence-corrected chi connectivity index (χ2v) is 6.11. The minimum atomic E-state index is -0.278. The number of aromatic nitrogens is 4. The first-order chi connectivity index (χ1) is 10.3. The van der Waals surface area contributed by atoms with Crippen LogP contribution in [0.15, 0.2) is 28.2 Å². The van der Waals surface area contributed by atoms with E-state index in [2.05, 4.69) is 15.2 Å². The number of aliphatic hydroxyl groups is 1. The zero-order valence-corrected chi connectivity index (χ0v) is 12.1. The highest BCUT2D eigenvalue weighted by Gasteiger charge is 2.22. The third-order valence-electron chi connectivity index (χ3n) is 3.70. The van der Waals surface area contributed by atoms with Crippen LogP contribution >= 0.6 is 11.3 Å². The van der Waals surface area contributed by atoms with Gasteiger partial charge in [-0.2, -0.15) is 10.1 Å². The monoisotopic (exact) mass is 302 g/mol. The number of aliphatic hydroxyl groups excluding tert-OH is 1. The fourth-order valence-corrected chi connectivity index (χ4v) is 3.28. The molecule has 1 aliphatic carbocycles. The Morgan fingerprint density at radius 3 is 3.29 bits per heavy atom. The number of nitrogens with zero attached hydrogens (tertiary/aromatic N) is 4. The highest BCUT2D eigenvalue weighted by atomic mass is 32.1. The molecule has 3 aromatic rings. The molecule has 1 atom stereocenters. The van der Waals surface area contributed by atoms with Crippen molar-refractivity contribution in [2.24, 2.45) is 0 Å². The van der Waals surface area contributed by atoms with Crippen LogP contribution in [0.2, 0.25) is 0 Å². The Morgan fingerprint density at radius 1 is 1.48 bits per heavy atom. The molecule has 21 heavy (non-hydrogen) atoms.